The zero-order valence-corrected chi connectivity index (χ0v) is 13.6. The largest absolute Gasteiger partial charge is 0.441 e. The zero-order chi connectivity index (χ0) is 15.7. The molecule has 0 atom stereocenters. The van der Waals surface area contributed by atoms with Crippen LogP contribution in [0.4, 0.5) is 5.69 Å². The quantitative estimate of drug-likeness (QED) is 0.702. The average molecular weight is 333 g/mol. The van der Waals surface area contributed by atoms with Gasteiger partial charge in [0.1, 0.15) is 5.52 Å². The molecule has 0 fully saturated rings. The maximum absolute atomic E-state index is 12.4. The molecular weight excluding hydrogens is 320 g/mol. The fourth-order valence-electron chi connectivity index (χ4n) is 2.12. The molecule has 4 nitrogen and oxygen atoms in total. The average Bonchev–Trinajstić information content (AvgIpc) is 2.87. The first-order chi connectivity index (χ1) is 10.6. The number of amides is 1. The molecule has 0 spiro atoms. The monoisotopic (exact) mass is 332 g/mol. The lowest BCUT2D eigenvalue weighted by molar-refractivity contribution is 0.102. The summed E-state index contributed by atoms with van der Waals surface area (Å²) in [6, 6.07) is 10.7. The number of nitrogens with one attached hydrogen (secondary N) is 1. The lowest BCUT2D eigenvalue weighted by Crippen LogP contribution is -2.12. The lowest BCUT2D eigenvalue weighted by atomic mass is 10.2. The summed E-state index contributed by atoms with van der Waals surface area (Å²) >= 11 is 7.67. The van der Waals surface area contributed by atoms with Crippen LogP contribution in [0.5, 0.6) is 0 Å². The summed E-state index contributed by atoms with van der Waals surface area (Å²) in [5, 5.41) is 3.26. The van der Waals surface area contributed by atoms with Crippen LogP contribution < -0.4 is 5.32 Å². The molecule has 0 aliphatic heterocycles. The molecule has 0 aliphatic carbocycles. The van der Waals surface area contributed by atoms with Crippen LogP contribution in [0.25, 0.3) is 11.1 Å². The van der Waals surface area contributed by atoms with E-state index in [0.717, 1.165) is 4.90 Å². The second-order valence-electron chi connectivity index (χ2n) is 4.72. The first-order valence-electron chi connectivity index (χ1n) is 6.59. The molecule has 0 saturated carbocycles. The van der Waals surface area contributed by atoms with Crippen LogP contribution in [0.2, 0.25) is 5.02 Å². The minimum Gasteiger partial charge on any atom is -0.441 e. The number of aryl methyl sites for hydroxylation is 1. The maximum atomic E-state index is 12.4. The molecule has 6 heteroatoms. The number of oxazole rings is 1. The van der Waals surface area contributed by atoms with Gasteiger partial charge in [0.25, 0.3) is 5.91 Å². The second-order valence-corrected chi connectivity index (χ2v) is 6.00. The Kier molecular flexibility index (Phi) is 4.09. The van der Waals surface area contributed by atoms with E-state index in [0.29, 0.717) is 33.3 Å². The molecule has 3 aromatic rings. The van der Waals surface area contributed by atoms with Gasteiger partial charge in [-0.3, -0.25) is 4.79 Å². The number of anilines is 1. The molecule has 1 amide bonds. The third kappa shape index (κ3) is 2.96. The molecular formula is C16H13ClN2O2S. The molecule has 0 saturated heterocycles. The van der Waals surface area contributed by atoms with Crippen molar-refractivity contribution in [1.29, 1.82) is 0 Å². The number of hydrogen-bond acceptors (Lipinski definition) is 4. The van der Waals surface area contributed by atoms with Crippen LogP contribution in [0, 0.1) is 6.92 Å². The summed E-state index contributed by atoms with van der Waals surface area (Å²) < 4.78 is 5.41. The minimum absolute atomic E-state index is 0.250. The Bertz CT molecular complexity index is 860. The minimum atomic E-state index is -0.250. The number of carbonyl (C=O) groups is 1. The Morgan fingerprint density at radius 3 is 2.86 bits per heavy atom. The molecule has 112 valence electrons. The molecule has 0 radical (unpaired) electrons. The Hall–Kier alpha value is -1.98. The van der Waals surface area contributed by atoms with Crippen molar-refractivity contribution in [3.05, 3.63) is 52.9 Å². The highest BCUT2D eigenvalue weighted by molar-refractivity contribution is 7.98. The van der Waals surface area contributed by atoms with E-state index in [-0.39, 0.29) is 5.91 Å². The Labute approximate surface area is 136 Å². The van der Waals surface area contributed by atoms with Crippen molar-refractivity contribution in [2.24, 2.45) is 0 Å². The van der Waals surface area contributed by atoms with Gasteiger partial charge in [0, 0.05) is 17.5 Å². The molecule has 1 N–H and O–H groups in total. The van der Waals surface area contributed by atoms with Crippen LogP contribution in [-0.4, -0.2) is 17.1 Å². The molecule has 2 aromatic carbocycles. The summed E-state index contributed by atoms with van der Waals surface area (Å²) in [5.41, 5.74) is 2.50. The van der Waals surface area contributed by atoms with Gasteiger partial charge in [0.15, 0.2) is 11.5 Å². The first kappa shape index (κ1) is 14.9. The fraction of sp³-hybridized carbons (Fsp3) is 0.125. The van der Waals surface area contributed by atoms with Gasteiger partial charge < -0.3 is 9.73 Å². The number of aromatic nitrogens is 1. The summed E-state index contributed by atoms with van der Waals surface area (Å²) in [7, 11) is 0. The molecule has 1 aromatic heterocycles. The van der Waals surface area contributed by atoms with E-state index < -0.39 is 0 Å². The van der Waals surface area contributed by atoms with E-state index >= 15 is 0 Å². The summed E-state index contributed by atoms with van der Waals surface area (Å²) in [5.74, 6) is 0.342. The third-order valence-corrected chi connectivity index (χ3v) is 4.23. The third-order valence-electron chi connectivity index (χ3n) is 3.17. The fourth-order valence-corrected chi connectivity index (χ4v) is 2.77. The van der Waals surface area contributed by atoms with E-state index in [2.05, 4.69) is 10.3 Å². The Balaban J connectivity index is 1.89. The SMILES string of the molecule is CSc1ccc(Cl)c(C(=O)Nc2ccc3oc(C)nc3c2)c1. The van der Waals surface area contributed by atoms with E-state index in [9.17, 15) is 4.79 Å². The predicted molar refractivity (Wildman–Crippen MR) is 89.9 cm³/mol. The molecule has 1 heterocycles. The number of fused-ring (bicyclic) bond motifs is 1. The number of hydrogen-bond donors (Lipinski definition) is 1. The molecule has 3 rings (SSSR count). The van der Waals surface area contributed by atoms with Crippen LogP contribution in [0.3, 0.4) is 0 Å². The van der Waals surface area contributed by atoms with Crippen molar-refractivity contribution in [2.75, 3.05) is 11.6 Å². The van der Waals surface area contributed by atoms with Crippen LogP contribution >= 0.6 is 23.4 Å². The van der Waals surface area contributed by atoms with Gasteiger partial charge in [-0.15, -0.1) is 11.8 Å². The summed E-state index contributed by atoms with van der Waals surface area (Å²) in [6.45, 7) is 1.78. The first-order valence-corrected chi connectivity index (χ1v) is 8.19. The van der Waals surface area contributed by atoms with Gasteiger partial charge in [-0.05, 0) is 42.7 Å². The number of nitrogens with zero attached hydrogens (tertiary/aromatic N) is 1. The summed E-state index contributed by atoms with van der Waals surface area (Å²) in [6.07, 6.45) is 1.95. The normalized spacial score (nSPS) is 10.9. The molecule has 0 bridgehead atoms. The molecule has 22 heavy (non-hydrogen) atoms. The van der Waals surface area contributed by atoms with Gasteiger partial charge in [-0.1, -0.05) is 11.6 Å². The summed E-state index contributed by atoms with van der Waals surface area (Å²) in [4.78, 5) is 17.6. The van der Waals surface area contributed by atoms with E-state index in [1.165, 1.54) is 0 Å². The topological polar surface area (TPSA) is 55.1 Å². The number of rotatable bonds is 3. The highest BCUT2D eigenvalue weighted by atomic mass is 35.5. The highest BCUT2D eigenvalue weighted by Crippen LogP contribution is 2.25. The second kappa shape index (κ2) is 6.02. The van der Waals surface area contributed by atoms with E-state index in [1.807, 2.05) is 12.3 Å². The number of carbonyl (C=O) groups excluding carboxylic acids is 1. The van der Waals surface area contributed by atoms with Crippen molar-refractivity contribution >= 4 is 46.1 Å². The van der Waals surface area contributed by atoms with Crippen molar-refractivity contribution in [1.82, 2.24) is 4.98 Å². The van der Waals surface area contributed by atoms with E-state index in [1.54, 1.807) is 49.0 Å². The van der Waals surface area contributed by atoms with Crippen LogP contribution in [0.15, 0.2) is 45.7 Å². The van der Waals surface area contributed by atoms with Gasteiger partial charge in [0.05, 0.1) is 10.6 Å². The van der Waals surface area contributed by atoms with Gasteiger partial charge in [-0.25, -0.2) is 4.98 Å². The van der Waals surface area contributed by atoms with Crippen LogP contribution in [0.1, 0.15) is 16.2 Å². The van der Waals surface area contributed by atoms with Crippen LogP contribution in [-0.2, 0) is 0 Å². The smallest absolute Gasteiger partial charge is 0.257 e. The molecule has 0 aliphatic rings. The van der Waals surface area contributed by atoms with E-state index in [4.69, 9.17) is 16.0 Å². The van der Waals surface area contributed by atoms with Crippen molar-refractivity contribution in [2.45, 2.75) is 11.8 Å². The van der Waals surface area contributed by atoms with Crippen molar-refractivity contribution < 1.29 is 9.21 Å². The zero-order valence-electron chi connectivity index (χ0n) is 12.0. The van der Waals surface area contributed by atoms with Gasteiger partial charge >= 0.3 is 0 Å². The predicted octanol–water partition coefficient (Wildman–Crippen LogP) is 4.76. The van der Waals surface area contributed by atoms with Crippen molar-refractivity contribution in [3.63, 3.8) is 0 Å². The standard InChI is InChI=1S/C16H13ClN2O2S/c1-9-18-14-7-10(3-6-15(14)21-9)19-16(20)12-8-11(22-2)4-5-13(12)17/h3-8H,1-2H3,(H,19,20). The number of thioether (sulfide) groups is 1. The highest BCUT2D eigenvalue weighted by Gasteiger charge is 2.12. The van der Waals surface area contributed by atoms with Crippen molar-refractivity contribution in [3.8, 4) is 0 Å². The van der Waals surface area contributed by atoms with Gasteiger partial charge in [-0.2, -0.15) is 0 Å². The maximum Gasteiger partial charge on any atom is 0.257 e. The molecule has 0 unspecified atom stereocenters. The lowest BCUT2D eigenvalue weighted by Gasteiger charge is -2.08. The number of benzene rings is 2. The Morgan fingerprint density at radius 1 is 1.27 bits per heavy atom. The number of halogens is 1. The Morgan fingerprint density at radius 2 is 2.09 bits per heavy atom. The van der Waals surface area contributed by atoms with Gasteiger partial charge in [0.2, 0.25) is 0 Å².